The van der Waals surface area contributed by atoms with Crippen LogP contribution in [0.2, 0.25) is 0 Å². The van der Waals surface area contributed by atoms with Crippen molar-refractivity contribution < 1.29 is 19.8 Å². The molecule has 0 aromatic rings. The standard InChI is InChI=1S/C5H14N2.C2H2O4/c1-2-3-4-5(6)7;3-1(4)2(5)6/h5H,2-4,6-7H2,1H3;(H,3,4)(H,5,6). The van der Waals surface area contributed by atoms with E-state index in [-0.39, 0.29) is 6.17 Å². The molecule has 0 bridgehead atoms. The fraction of sp³-hybridized carbons (Fsp3) is 0.714. The predicted octanol–water partition coefficient (Wildman–Crippen LogP) is -0.424. The first-order chi connectivity index (χ1) is 5.91. The normalized spacial score (nSPS) is 8.92. The number of hydrogen-bond donors (Lipinski definition) is 4. The Morgan fingerprint density at radius 2 is 1.62 bits per heavy atom. The molecule has 0 spiro atoms. The van der Waals surface area contributed by atoms with Gasteiger partial charge in [0.25, 0.3) is 0 Å². The zero-order valence-corrected chi connectivity index (χ0v) is 7.56. The van der Waals surface area contributed by atoms with Crippen molar-refractivity contribution in [1.29, 1.82) is 0 Å². The molecule has 0 aliphatic carbocycles. The van der Waals surface area contributed by atoms with Crippen molar-refractivity contribution in [3.05, 3.63) is 0 Å². The Hall–Kier alpha value is -1.14. The summed E-state index contributed by atoms with van der Waals surface area (Å²) in [5, 5.41) is 14.8. The summed E-state index contributed by atoms with van der Waals surface area (Å²) in [5.41, 5.74) is 10.5. The van der Waals surface area contributed by atoms with Crippen molar-refractivity contribution in [1.82, 2.24) is 0 Å². The maximum absolute atomic E-state index is 9.10. The van der Waals surface area contributed by atoms with Gasteiger partial charge in [0, 0.05) is 0 Å². The van der Waals surface area contributed by atoms with Crippen LogP contribution in [-0.4, -0.2) is 28.3 Å². The van der Waals surface area contributed by atoms with Crippen LogP contribution in [0.1, 0.15) is 26.2 Å². The maximum Gasteiger partial charge on any atom is 0.414 e. The van der Waals surface area contributed by atoms with Crippen molar-refractivity contribution in [2.45, 2.75) is 32.4 Å². The minimum atomic E-state index is -1.82. The van der Waals surface area contributed by atoms with Gasteiger partial charge in [-0.25, -0.2) is 9.59 Å². The van der Waals surface area contributed by atoms with E-state index in [4.69, 9.17) is 31.3 Å². The molecule has 6 N–H and O–H groups in total. The average Bonchev–Trinajstić information content (AvgIpc) is 2.01. The maximum atomic E-state index is 9.10. The largest absolute Gasteiger partial charge is 0.473 e. The van der Waals surface area contributed by atoms with E-state index in [0.717, 1.165) is 12.8 Å². The highest BCUT2D eigenvalue weighted by molar-refractivity contribution is 6.27. The molecule has 0 aromatic heterocycles. The van der Waals surface area contributed by atoms with Crippen LogP contribution in [0.15, 0.2) is 0 Å². The number of carboxylic acid groups (broad SMARTS) is 2. The van der Waals surface area contributed by atoms with Crippen molar-refractivity contribution >= 4 is 11.9 Å². The van der Waals surface area contributed by atoms with Gasteiger partial charge in [0.2, 0.25) is 0 Å². The zero-order chi connectivity index (χ0) is 10.9. The molecule has 0 rings (SSSR count). The summed E-state index contributed by atoms with van der Waals surface area (Å²) in [6.07, 6.45) is 3.19. The van der Waals surface area contributed by atoms with E-state index in [1.807, 2.05) is 0 Å². The lowest BCUT2D eigenvalue weighted by molar-refractivity contribution is -0.159. The molecule has 0 unspecified atom stereocenters. The lowest BCUT2D eigenvalue weighted by Crippen LogP contribution is -2.29. The molecule has 6 heteroatoms. The zero-order valence-electron chi connectivity index (χ0n) is 7.56. The van der Waals surface area contributed by atoms with Gasteiger partial charge in [-0.1, -0.05) is 19.8 Å². The van der Waals surface area contributed by atoms with E-state index < -0.39 is 11.9 Å². The number of carboxylic acids is 2. The lowest BCUT2D eigenvalue weighted by Gasteiger charge is -2.00. The minimum Gasteiger partial charge on any atom is -0.473 e. The first kappa shape index (κ1) is 14.4. The highest BCUT2D eigenvalue weighted by Crippen LogP contribution is 1.91. The minimum absolute atomic E-state index is 0.0973. The first-order valence-corrected chi connectivity index (χ1v) is 3.89. The van der Waals surface area contributed by atoms with Gasteiger partial charge in [-0.15, -0.1) is 0 Å². The molecule has 0 aromatic carbocycles. The highest BCUT2D eigenvalue weighted by atomic mass is 16.4. The van der Waals surface area contributed by atoms with Gasteiger partial charge in [0.1, 0.15) is 0 Å². The van der Waals surface area contributed by atoms with Crippen molar-refractivity contribution in [2.75, 3.05) is 0 Å². The monoisotopic (exact) mass is 192 g/mol. The second-order valence-corrected chi connectivity index (χ2v) is 2.42. The molecule has 0 atom stereocenters. The van der Waals surface area contributed by atoms with Gasteiger partial charge in [0.15, 0.2) is 0 Å². The summed E-state index contributed by atoms with van der Waals surface area (Å²) in [5.74, 6) is -3.65. The van der Waals surface area contributed by atoms with E-state index in [1.54, 1.807) is 0 Å². The predicted molar refractivity (Wildman–Crippen MR) is 47.0 cm³/mol. The van der Waals surface area contributed by atoms with Gasteiger partial charge >= 0.3 is 11.9 Å². The Kier molecular flexibility index (Phi) is 9.91. The Labute approximate surface area is 76.5 Å². The van der Waals surface area contributed by atoms with Crippen LogP contribution in [0.5, 0.6) is 0 Å². The van der Waals surface area contributed by atoms with E-state index in [2.05, 4.69) is 6.92 Å². The van der Waals surface area contributed by atoms with Crippen LogP contribution in [0.4, 0.5) is 0 Å². The summed E-state index contributed by atoms with van der Waals surface area (Å²) < 4.78 is 0. The van der Waals surface area contributed by atoms with Crippen molar-refractivity contribution in [2.24, 2.45) is 11.5 Å². The molecule has 0 radical (unpaired) electrons. The van der Waals surface area contributed by atoms with Crippen molar-refractivity contribution in [3.63, 3.8) is 0 Å². The number of nitrogens with two attached hydrogens (primary N) is 2. The fourth-order valence-corrected chi connectivity index (χ4v) is 0.440. The number of carbonyl (C=O) groups is 2. The second-order valence-electron chi connectivity index (χ2n) is 2.42. The van der Waals surface area contributed by atoms with Crippen LogP contribution >= 0.6 is 0 Å². The van der Waals surface area contributed by atoms with Crippen LogP contribution in [-0.2, 0) is 9.59 Å². The second kappa shape index (κ2) is 8.95. The van der Waals surface area contributed by atoms with Crippen molar-refractivity contribution in [3.8, 4) is 0 Å². The molecule has 0 saturated carbocycles. The van der Waals surface area contributed by atoms with Crippen LogP contribution in [0.25, 0.3) is 0 Å². The van der Waals surface area contributed by atoms with Gasteiger partial charge in [-0.05, 0) is 6.42 Å². The number of hydrogen-bond acceptors (Lipinski definition) is 4. The van der Waals surface area contributed by atoms with E-state index >= 15 is 0 Å². The average molecular weight is 192 g/mol. The Morgan fingerprint density at radius 3 is 1.69 bits per heavy atom. The summed E-state index contributed by atoms with van der Waals surface area (Å²) in [6, 6.07) is 0. The van der Waals surface area contributed by atoms with Gasteiger partial charge in [0.05, 0.1) is 6.17 Å². The Balaban J connectivity index is 0. The third-order valence-electron chi connectivity index (χ3n) is 1.07. The van der Waals surface area contributed by atoms with Crippen LogP contribution in [0, 0.1) is 0 Å². The van der Waals surface area contributed by atoms with E-state index in [0.29, 0.717) is 0 Å². The molecular weight excluding hydrogens is 176 g/mol. The van der Waals surface area contributed by atoms with E-state index in [9.17, 15) is 0 Å². The quantitative estimate of drug-likeness (QED) is 0.355. The highest BCUT2D eigenvalue weighted by Gasteiger charge is 2.04. The van der Waals surface area contributed by atoms with Gasteiger partial charge < -0.3 is 21.7 Å². The van der Waals surface area contributed by atoms with E-state index in [1.165, 1.54) is 6.42 Å². The molecular formula is C7H16N2O4. The molecule has 13 heavy (non-hydrogen) atoms. The molecule has 0 aliphatic heterocycles. The lowest BCUT2D eigenvalue weighted by atomic mass is 10.2. The fourth-order valence-electron chi connectivity index (χ4n) is 0.440. The molecule has 0 aliphatic rings. The Bertz CT molecular complexity index is 147. The summed E-state index contributed by atoms with van der Waals surface area (Å²) >= 11 is 0. The SMILES string of the molecule is CCCCC(N)N.O=C(O)C(=O)O. The third-order valence-corrected chi connectivity index (χ3v) is 1.07. The molecule has 6 nitrogen and oxygen atoms in total. The molecule has 0 heterocycles. The molecule has 0 fully saturated rings. The smallest absolute Gasteiger partial charge is 0.414 e. The summed E-state index contributed by atoms with van der Waals surface area (Å²) in [7, 11) is 0. The molecule has 78 valence electrons. The Morgan fingerprint density at radius 1 is 1.23 bits per heavy atom. The summed E-state index contributed by atoms with van der Waals surface area (Å²) in [6.45, 7) is 2.13. The molecule has 0 amide bonds. The first-order valence-electron chi connectivity index (χ1n) is 3.89. The van der Waals surface area contributed by atoms with Gasteiger partial charge in [-0.3, -0.25) is 0 Å². The van der Waals surface area contributed by atoms with Crippen LogP contribution in [0.3, 0.4) is 0 Å². The third kappa shape index (κ3) is 18.1. The number of aliphatic carboxylic acids is 2. The topological polar surface area (TPSA) is 127 Å². The molecule has 0 saturated heterocycles. The number of unbranched alkanes of at least 4 members (excludes halogenated alkanes) is 1. The number of rotatable bonds is 3. The summed E-state index contributed by atoms with van der Waals surface area (Å²) in [4.78, 5) is 18.2. The van der Waals surface area contributed by atoms with Crippen LogP contribution < -0.4 is 11.5 Å². The van der Waals surface area contributed by atoms with Gasteiger partial charge in [-0.2, -0.15) is 0 Å².